The zero-order chi connectivity index (χ0) is 34.5. The van der Waals surface area contributed by atoms with E-state index in [0.717, 1.165) is 56.4 Å². The molecule has 0 amide bonds. The minimum absolute atomic E-state index is 0.0505. The van der Waals surface area contributed by atoms with Gasteiger partial charge in [-0.05, 0) is 111 Å². The van der Waals surface area contributed by atoms with Gasteiger partial charge in [-0.15, -0.1) is 0 Å². The van der Waals surface area contributed by atoms with Crippen LogP contribution in [-0.4, -0.2) is 24.3 Å². The van der Waals surface area contributed by atoms with Crippen LogP contribution in [0.4, 0.5) is 34.1 Å². The number of anilines is 6. The predicted octanol–water partition coefficient (Wildman–Crippen LogP) is 8.34. The third kappa shape index (κ3) is 5.06. The quantitative estimate of drug-likeness (QED) is 0.137. The maximum Gasteiger partial charge on any atom is 0.335 e. The van der Waals surface area contributed by atoms with Gasteiger partial charge in [0.25, 0.3) is 13.2 Å². The van der Waals surface area contributed by atoms with E-state index in [2.05, 4.69) is 125 Å². The van der Waals surface area contributed by atoms with Crippen LogP contribution in [0.5, 0.6) is 5.75 Å². The van der Waals surface area contributed by atoms with Crippen LogP contribution in [0, 0.1) is 0 Å². The molecule has 1 N–H and O–H groups in total. The number of benzene rings is 7. The molecule has 0 atom stereocenters. The number of ether oxygens (including phenoxy) is 1. The molecule has 242 valence electrons. The van der Waals surface area contributed by atoms with E-state index in [0.29, 0.717) is 12.2 Å². The second-order valence-electron chi connectivity index (χ2n) is 12.6. The standard InChI is InChI=1S/C44H29BN2O4/c48-28-51-36-26-20-32(21-27-36)31-18-24-35(25-19-31)47-40-9-4-2-7-38(40)45-37-6-1-3-8-39(37)46(41-10-5-11-42(47)43(41)45)34-22-16-30(17-23-34)29-12-14-33(15-13-29)44(49)50/h1-28H,(H,49,50). The van der Waals surface area contributed by atoms with Gasteiger partial charge in [0.2, 0.25) is 0 Å². The van der Waals surface area contributed by atoms with Crippen molar-refractivity contribution in [1.29, 1.82) is 0 Å². The first kappa shape index (κ1) is 30.2. The summed E-state index contributed by atoms with van der Waals surface area (Å²) < 4.78 is 4.98. The van der Waals surface area contributed by atoms with Crippen molar-refractivity contribution >= 4 is 69.7 Å². The van der Waals surface area contributed by atoms with E-state index in [4.69, 9.17) is 4.74 Å². The second-order valence-corrected chi connectivity index (χ2v) is 12.6. The van der Waals surface area contributed by atoms with Crippen molar-refractivity contribution in [2.75, 3.05) is 9.80 Å². The molecule has 2 aliphatic rings. The molecule has 7 heteroatoms. The molecule has 0 unspecified atom stereocenters. The molecule has 9 rings (SSSR count). The molecule has 0 radical (unpaired) electrons. The molecule has 7 aromatic carbocycles. The monoisotopic (exact) mass is 660 g/mol. The van der Waals surface area contributed by atoms with Crippen LogP contribution in [0.1, 0.15) is 10.4 Å². The van der Waals surface area contributed by atoms with Crippen molar-refractivity contribution in [2.24, 2.45) is 0 Å². The Morgan fingerprint density at radius 1 is 0.510 bits per heavy atom. The minimum atomic E-state index is -0.933. The van der Waals surface area contributed by atoms with Crippen molar-refractivity contribution in [3.8, 4) is 28.0 Å². The van der Waals surface area contributed by atoms with Gasteiger partial charge in [-0.2, -0.15) is 0 Å². The first-order valence-electron chi connectivity index (χ1n) is 16.7. The fraction of sp³-hybridized carbons (Fsp3) is 0. The first-order chi connectivity index (χ1) is 25.1. The van der Waals surface area contributed by atoms with Crippen molar-refractivity contribution < 1.29 is 19.4 Å². The fourth-order valence-electron chi connectivity index (χ4n) is 7.58. The lowest BCUT2D eigenvalue weighted by Gasteiger charge is -2.44. The van der Waals surface area contributed by atoms with Crippen molar-refractivity contribution in [3.63, 3.8) is 0 Å². The topological polar surface area (TPSA) is 70.1 Å². The Bertz CT molecular complexity index is 2440. The highest BCUT2D eigenvalue weighted by Crippen LogP contribution is 2.44. The van der Waals surface area contributed by atoms with Crippen molar-refractivity contribution in [3.05, 3.63) is 169 Å². The number of aromatic carboxylic acids is 1. The van der Waals surface area contributed by atoms with Crippen molar-refractivity contribution in [2.45, 2.75) is 0 Å². The number of hydrogen-bond acceptors (Lipinski definition) is 5. The molecule has 0 saturated heterocycles. The molecule has 0 spiro atoms. The van der Waals surface area contributed by atoms with E-state index < -0.39 is 5.97 Å². The summed E-state index contributed by atoms with van der Waals surface area (Å²) in [5.41, 5.74) is 14.7. The lowest BCUT2D eigenvalue weighted by atomic mass is 9.33. The third-order valence-electron chi connectivity index (χ3n) is 9.90. The number of carboxylic acid groups (broad SMARTS) is 1. The summed E-state index contributed by atoms with van der Waals surface area (Å²) >= 11 is 0. The summed E-state index contributed by atoms with van der Waals surface area (Å²) in [6, 6.07) is 55.5. The molecular formula is C44H29BN2O4. The summed E-state index contributed by atoms with van der Waals surface area (Å²) in [5, 5.41) is 9.34. The van der Waals surface area contributed by atoms with Gasteiger partial charge in [-0.25, -0.2) is 4.79 Å². The Morgan fingerprint density at radius 3 is 1.37 bits per heavy atom. The third-order valence-corrected chi connectivity index (χ3v) is 9.90. The van der Waals surface area contributed by atoms with Crippen LogP contribution in [0.15, 0.2) is 164 Å². The smallest absolute Gasteiger partial charge is 0.335 e. The number of carboxylic acids is 1. The predicted molar refractivity (Wildman–Crippen MR) is 205 cm³/mol. The average Bonchev–Trinajstić information content (AvgIpc) is 3.18. The van der Waals surface area contributed by atoms with Gasteiger partial charge in [-0.3, -0.25) is 4.79 Å². The van der Waals surface area contributed by atoms with Gasteiger partial charge in [0, 0.05) is 34.1 Å². The summed E-state index contributed by atoms with van der Waals surface area (Å²) in [6.45, 7) is 0.488. The highest BCUT2D eigenvalue weighted by atomic mass is 16.5. The van der Waals surface area contributed by atoms with E-state index >= 15 is 0 Å². The van der Waals surface area contributed by atoms with E-state index in [1.54, 1.807) is 24.3 Å². The average molecular weight is 661 g/mol. The summed E-state index contributed by atoms with van der Waals surface area (Å²) in [4.78, 5) is 26.9. The normalized spacial score (nSPS) is 12.4. The Balaban J connectivity index is 1.15. The molecule has 51 heavy (non-hydrogen) atoms. The van der Waals surface area contributed by atoms with Crippen LogP contribution in [0.3, 0.4) is 0 Å². The Labute approximate surface area is 295 Å². The van der Waals surface area contributed by atoms with Gasteiger partial charge in [0.1, 0.15) is 5.75 Å². The largest absolute Gasteiger partial charge is 0.478 e. The van der Waals surface area contributed by atoms with E-state index in [9.17, 15) is 14.7 Å². The van der Waals surface area contributed by atoms with Crippen LogP contribution in [0.25, 0.3) is 22.3 Å². The lowest BCUT2D eigenvalue weighted by molar-refractivity contribution is -0.120. The van der Waals surface area contributed by atoms with Crippen LogP contribution in [0.2, 0.25) is 0 Å². The van der Waals surface area contributed by atoms with E-state index in [1.165, 1.54) is 16.4 Å². The van der Waals surface area contributed by atoms with Gasteiger partial charge < -0.3 is 19.6 Å². The first-order valence-corrected chi connectivity index (χ1v) is 16.7. The zero-order valence-electron chi connectivity index (χ0n) is 27.3. The molecule has 0 bridgehead atoms. The maximum atomic E-state index is 11.4. The number of nitrogens with zero attached hydrogens (tertiary/aromatic N) is 2. The SMILES string of the molecule is O=COc1ccc(-c2ccc(N3c4ccccc4B4c5ccccc5N(c5ccc(-c6ccc(C(=O)O)cc6)cc5)c5cccc3c54)cc2)cc1. The number of hydrogen-bond donors (Lipinski definition) is 1. The van der Waals surface area contributed by atoms with Crippen molar-refractivity contribution in [1.82, 2.24) is 0 Å². The molecule has 0 aliphatic carbocycles. The van der Waals surface area contributed by atoms with Gasteiger partial charge in [-0.1, -0.05) is 91.0 Å². The van der Waals surface area contributed by atoms with E-state index in [-0.39, 0.29) is 12.3 Å². The number of carbonyl (C=O) groups excluding carboxylic acids is 1. The highest BCUT2D eigenvalue weighted by molar-refractivity contribution is 7.00. The fourth-order valence-corrected chi connectivity index (χ4v) is 7.58. The minimum Gasteiger partial charge on any atom is -0.478 e. The molecule has 2 aliphatic heterocycles. The molecule has 7 aromatic rings. The van der Waals surface area contributed by atoms with Gasteiger partial charge in [0.15, 0.2) is 0 Å². The molecule has 0 saturated carbocycles. The highest BCUT2D eigenvalue weighted by Gasteiger charge is 2.42. The Morgan fingerprint density at radius 2 is 0.922 bits per heavy atom. The Hall–Kier alpha value is -6.86. The maximum absolute atomic E-state index is 11.4. The molecular weight excluding hydrogens is 631 g/mol. The summed E-state index contributed by atoms with van der Waals surface area (Å²) in [6.07, 6.45) is 0. The molecule has 2 heterocycles. The number of fused-ring (bicyclic) bond motifs is 4. The molecule has 0 aromatic heterocycles. The van der Waals surface area contributed by atoms with Gasteiger partial charge in [0.05, 0.1) is 5.56 Å². The molecule has 6 nitrogen and oxygen atoms in total. The lowest BCUT2D eigenvalue weighted by Crippen LogP contribution is -2.61. The Kier molecular flexibility index (Phi) is 7.25. The van der Waals surface area contributed by atoms with Crippen LogP contribution >= 0.6 is 0 Å². The zero-order valence-corrected chi connectivity index (χ0v) is 27.3. The van der Waals surface area contributed by atoms with Crippen LogP contribution in [-0.2, 0) is 4.79 Å². The number of para-hydroxylation sites is 2. The van der Waals surface area contributed by atoms with Crippen LogP contribution < -0.4 is 30.9 Å². The number of carbonyl (C=O) groups is 2. The molecule has 0 fully saturated rings. The second kappa shape index (κ2) is 12.2. The van der Waals surface area contributed by atoms with E-state index in [1.807, 2.05) is 24.3 Å². The summed E-state index contributed by atoms with van der Waals surface area (Å²) in [5.74, 6) is -0.421. The van der Waals surface area contributed by atoms with Gasteiger partial charge >= 0.3 is 5.97 Å². The number of rotatable bonds is 7. The summed E-state index contributed by atoms with van der Waals surface area (Å²) in [7, 11) is 0.